The Morgan fingerprint density at radius 3 is 1.54 bits per heavy atom. The third-order valence-corrected chi connectivity index (χ3v) is 8.48. The highest BCUT2D eigenvalue weighted by molar-refractivity contribution is 6.64. The molecule has 5 nitrogen and oxygen atoms in total. The summed E-state index contributed by atoms with van der Waals surface area (Å²) in [6, 6.07) is 0.925. The summed E-state index contributed by atoms with van der Waals surface area (Å²) in [4.78, 5) is 0. The summed E-state index contributed by atoms with van der Waals surface area (Å²) in [5, 5.41) is 0. The van der Waals surface area contributed by atoms with Gasteiger partial charge in [-0.25, -0.2) is 0 Å². The largest absolute Gasteiger partial charge is 0.500 e. The van der Waals surface area contributed by atoms with E-state index in [4.69, 9.17) is 22.1 Å². The van der Waals surface area contributed by atoms with Gasteiger partial charge in [-0.15, -0.1) is 0 Å². The van der Waals surface area contributed by atoms with Crippen molar-refractivity contribution in [1.82, 2.24) is 0 Å². The van der Waals surface area contributed by atoms with Crippen molar-refractivity contribution in [2.45, 2.75) is 72.5 Å². The molecule has 0 bridgehead atoms. The van der Waals surface area contributed by atoms with Crippen molar-refractivity contribution in [3.05, 3.63) is 0 Å². The van der Waals surface area contributed by atoms with Crippen molar-refractivity contribution in [3.63, 3.8) is 0 Å². The lowest BCUT2D eigenvalue weighted by Crippen LogP contribution is -2.42. The molecule has 0 heterocycles. The highest BCUT2D eigenvalue weighted by Gasteiger charge is 2.36. The molecule has 0 unspecified atom stereocenters. The number of hydrogen-bond acceptors (Lipinski definition) is 5. The van der Waals surface area contributed by atoms with E-state index >= 15 is 0 Å². The van der Waals surface area contributed by atoms with E-state index in [1.807, 2.05) is 13.8 Å². The van der Waals surface area contributed by atoms with Gasteiger partial charge < -0.3 is 22.1 Å². The number of unbranched alkanes of at least 4 members (excludes halogenated alkanes) is 2. The highest BCUT2D eigenvalue weighted by atomic mass is 28.4. The Morgan fingerprint density at radius 2 is 1.21 bits per heavy atom. The maximum atomic E-state index is 5.39. The van der Waals surface area contributed by atoms with Gasteiger partial charge in [-0.05, 0) is 39.3 Å². The predicted octanol–water partition coefficient (Wildman–Crippen LogP) is 4.84. The van der Waals surface area contributed by atoms with E-state index in [0.29, 0.717) is 0 Å². The van der Waals surface area contributed by atoms with Gasteiger partial charge in [-0.3, -0.25) is 0 Å². The lowest BCUT2D eigenvalue weighted by molar-refractivity contribution is 0.122. The maximum absolute atomic E-state index is 5.39. The molecule has 0 fully saturated rings. The summed E-state index contributed by atoms with van der Waals surface area (Å²) in [5.41, 5.74) is 0. The van der Waals surface area contributed by atoms with E-state index < -0.39 is 17.4 Å². The van der Waals surface area contributed by atoms with Gasteiger partial charge in [0.05, 0.1) is 0 Å². The van der Waals surface area contributed by atoms with Crippen LogP contribution in [-0.2, 0) is 22.1 Å². The second kappa shape index (κ2) is 15.5. The van der Waals surface area contributed by atoms with Gasteiger partial charge in [0.25, 0.3) is 0 Å². The lowest BCUT2D eigenvalue weighted by atomic mass is 10.1. The van der Waals surface area contributed by atoms with Gasteiger partial charge in [0.15, 0.2) is 0 Å². The third kappa shape index (κ3) is 14.6. The zero-order valence-electron chi connectivity index (χ0n) is 17.6. The minimum Gasteiger partial charge on any atom is -0.395 e. The minimum absolute atomic E-state index is 0.763. The molecule has 0 N–H and O–H groups in total. The fourth-order valence-electron chi connectivity index (χ4n) is 2.36. The smallest absolute Gasteiger partial charge is 0.395 e. The van der Waals surface area contributed by atoms with Crippen LogP contribution in [0.25, 0.3) is 0 Å². The van der Waals surface area contributed by atoms with Crippen LogP contribution in [-0.4, -0.2) is 51.9 Å². The first-order valence-electron chi connectivity index (χ1n) is 9.15. The molecular weight excluding hydrogens is 340 g/mol. The summed E-state index contributed by atoms with van der Waals surface area (Å²) in [6.45, 7) is 14.1. The Bertz CT molecular complexity index is 255. The molecular formula is C17H42O5Si2. The van der Waals surface area contributed by atoms with Crippen molar-refractivity contribution >= 4 is 17.4 Å². The van der Waals surface area contributed by atoms with Crippen molar-refractivity contribution in [2.75, 3.05) is 34.5 Å². The predicted molar refractivity (Wildman–Crippen MR) is 106 cm³/mol. The van der Waals surface area contributed by atoms with Crippen molar-refractivity contribution in [2.24, 2.45) is 5.92 Å². The molecule has 0 spiro atoms. The van der Waals surface area contributed by atoms with E-state index in [2.05, 4.69) is 26.9 Å². The molecule has 0 rings (SSSR count). The van der Waals surface area contributed by atoms with Crippen molar-refractivity contribution < 1.29 is 22.1 Å². The molecule has 148 valence electrons. The first kappa shape index (κ1) is 26.5. The molecule has 24 heavy (non-hydrogen) atoms. The van der Waals surface area contributed by atoms with Crippen LogP contribution < -0.4 is 0 Å². The van der Waals surface area contributed by atoms with Crippen LogP contribution in [0.3, 0.4) is 0 Å². The molecule has 0 atom stereocenters. The molecule has 0 saturated heterocycles. The second-order valence-electron chi connectivity index (χ2n) is 6.55. The molecule has 7 heteroatoms. The van der Waals surface area contributed by atoms with Gasteiger partial charge in [-0.1, -0.05) is 33.1 Å². The average Bonchev–Trinajstić information content (AvgIpc) is 2.52. The van der Waals surface area contributed by atoms with Crippen LogP contribution in [0.5, 0.6) is 0 Å². The van der Waals surface area contributed by atoms with E-state index in [1.165, 1.54) is 19.3 Å². The quantitative estimate of drug-likeness (QED) is 0.337. The summed E-state index contributed by atoms with van der Waals surface area (Å²) in [6.07, 6.45) is 4.97. The van der Waals surface area contributed by atoms with E-state index in [-0.39, 0.29) is 0 Å². The van der Waals surface area contributed by atoms with Crippen LogP contribution in [0, 0.1) is 5.92 Å². The van der Waals surface area contributed by atoms with Gasteiger partial charge >= 0.3 is 17.4 Å². The standard InChI is InChI=1S/C11H26O3Si.C6H16O2Si/c1-11(2)9-7-6-8-10-15(12-3,13-4)14-5;1-5-7-9(3,4)8-6-2/h11H,6-10H2,1-5H3;5-6H2,1-4H3. The van der Waals surface area contributed by atoms with Crippen LogP contribution in [0.2, 0.25) is 19.1 Å². The van der Waals surface area contributed by atoms with E-state index in [0.717, 1.165) is 31.6 Å². The van der Waals surface area contributed by atoms with Crippen LogP contribution in [0.15, 0.2) is 0 Å². The van der Waals surface area contributed by atoms with Gasteiger partial charge in [0.1, 0.15) is 0 Å². The molecule has 0 saturated carbocycles. The van der Waals surface area contributed by atoms with Crippen molar-refractivity contribution in [3.8, 4) is 0 Å². The Kier molecular flexibility index (Phi) is 17.1. The van der Waals surface area contributed by atoms with E-state index in [1.54, 1.807) is 21.3 Å². The molecule has 0 aliphatic rings. The SMILES string of the molecule is CCO[Si](C)(C)OCC.CO[Si](CCCCCC(C)C)(OC)OC. The summed E-state index contributed by atoms with van der Waals surface area (Å²) < 4.78 is 26.8. The highest BCUT2D eigenvalue weighted by Crippen LogP contribution is 2.18. The number of rotatable bonds is 13. The number of hydrogen-bond donors (Lipinski definition) is 0. The molecule has 0 aliphatic heterocycles. The molecule has 0 amide bonds. The van der Waals surface area contributed by atoms with Gasteiger partial charge in [-0.2, -0.15) is 0 Å². The Morgan fingerprint density at radius 1 is 0.750 bits per heavy atom. The molecule has 0 aliphatic carbocycles. The third-order valence-electron chi connectivity index (χ3n) is 3.68. The summed E-state index contributed by atoms with van der Waals surface area (Å²) >= 11 is 0. The Hall–Kier alpha value is 0.234. The van der Waals surface area contributed by atoms with Crippen LogP contribution >= 0.6 is 0 Å². The maximum Gasteiger partial charge on any atom is 0.500 e. The summed E-state index contributed by atoms with van der Waals surface area (Å²) in [7, 11) is 1.02. The second-order valence-corrected chi connectivity index (χ2v) is 13.0. The van der Waals surface area contributed by atoms with E-state index in [9.17, 15) is 0 Å². The zero-order chi connectivity index (χ0) is 19.1. The van der Waals surface area contributed by atoms with Gasteiger partial charge in [0.2, 0.25) is 0 Å². The van der Waals surface area contributed by atoms with Gasteiger partial charge in [0, 0.05) is 40.6 Å². The lowest BCUT2D eigenvalue weighted by Gasteiger charge is -2.24. The Labute approximate surface area is 153 Å². The normalized spacial score (nSPS) is 12.2. The summed E-state index contributed by atoms with van der Waals surface area (Å²) in [5.74, 6) is 0.805. The van der Waals surface area contributed by atoms with Crippen LogP contribution in [0.1, 0.15) is 53.4 Å². The molecule has 0 aromatic rings. The molecule has 0 aromatic heterocycles. The topological polar surface area (TPSA) is 46.2 Å². The fourth-order valence-corrected chi connectivity index (χ4v) is 5.63. The monoisotopic (exact) mass is 382 g/mol. The average molecular weight is 383 g/mol. The first-order valence-corrected chi connectivity index (χ1v) is 13.9. The van der Waals surface area contributed by atoms with Crippen LogP contribution in [0.4, 0.5) is 0 Å². The molecule has 0 radical (unpaired) electrons. The fraction of sp³-hybridized carbons (Fsp3) is 1.00. The first-order chi connectivity index (χ1) is 11.2. The molecule has 0 aromatic carbocycles. The minimum atomic E-state index is -2.29. The Balaban J connectivity index is 0. The van der Waals surface area contributed by atoms with Crippen molar-refractivity contribution in [1.29, 1.82) is 0 Å². The zero-order valence-corrected chi connectivity index (χ0v) is 19.6.